The van der Waals surface area contributed by atoms with Gasteiger partial charge in [-0.2, -0.15) is 13.2 Å². The second-order valence-electron chi connectivity index (χ2n) is 5.02. The molecule has 3 nitrogen and oxygen atoms in total. The Balaban J connectivity index is 2.01. The lowest BCUT2D eigenvalue weighted by Gasteiger charge is -2.22. The number of alkyl halides is 3. The average molecular weight is 273 g/mol. The molecule has 0 atom stereocenters. The Morgan fingerprint density at radius 3 is 2.53 bits per heavy atom. The van der Waals surface area contributed by atoms with Gasteiger partial charge in [-0.1, -0.05) is 19.3 Å². The second kappa shape index (κ2) is 5.86. The monoisotopic (exact) mass is 273 g/mol. The van der Waals surface area contributed by atoms with E-state index in [2.05, 4.69) is 15.3 Å². The van der Waals surface area contributed by atoms with Crippen LogP contribution in [-0.2, 0) is 12.7 Å². The highest BCUT2D eigenvalue weighted by molar-refractivity contribution is 5.13. The van der Waals surface area contributed by atoms with Crippen molar-refractivity contribution in [3.05, 3.63) is 23.3 Å². The smallest absolute Gasteiger partial charge is 0.307 e. The molecule has 0 saturated heterocycles. The van der Waals surface area contributed by atoms with Gasteiger partial charge in [-0.25, -0.2) is 9.97 Å². The summed E-state index contributed by atoms with van der Waals surface area (Å²) in [5.41, 5.74) is -0.511. The zero-order valence-electron chi connectivity index (χ0n) is 10.9. The van der Waals surface area contributed by atoms with Crippen molar-refractivity contribution >= 4 is 0 Å². The van der Waals surface area contributed by atoms with E-state index in [-0.39, 0.29) is 5.82 Å². The van der Waals surface area contributed by atoms with E-state index in [1.807, 2.05) is 0 Å². The van der Waals surface area contributed by atoms with Gasteiger partial charge in [-0.3, -0.25) is 0 Å². The highest BCUT2D eigenvalue weighted by Gasteiger charge is 2.33. The molecule has 1 aliphatic carbocycles. The van der Waals surface area contributed by atoms with Gasteiger partial charge in [0.2, 0.25) is 0 Å². The van der Waals surface area contributed by atoms with Crippen LogP contribution in [0.2, 0.25) is 0 Å². The Labute approximate surface area is 110 Å². The number of hydrogen-bond donors (Lipinski definition) is 1. The van der Waals surface area contributed by atoms with Crippen LogP contribution in [0.25, 0.3) is 0 Å². The molecule has 1 aromatic rings. The summed E-state index contributed by atoms with van der Waals surface area (Å²) in [6.07, 6.45) is 1.36. The zero-order chi connectivity index (χ0) is 13.9. The van der Waals surface area contributed by atoms with E-state index in [9.17, 15) is 13.2 Å². The Morgan fingerprint density at radius 1 is 1.21 bits per heavy atom. The summed E-state index contributed by atoms with van der Waals surface area (Å²) in [5.74, 6) is 0.220. The van der Waals surface area contributed by atoms with Gasteiger partial charge in [0, 0.05) is 11.7 Å². The number of halogens is 3. The van der Waals surface area contributed by atoms with Gasteiger partial charge in [0.05, 0.1) is 6.54 Å². The van der Waals surface area contributed by atoms with Crippen LogP contribution in [0.4, 0.5) is 13.2 Å². The molecule has 1 N–H and O–H groups in total. The summed E-state index contributed by atoms with van der Waals surface area (Å²) in [7, 11) is 0. The van der Waals surface area contributed by atoms with Gasteiger partial charge >= 0.3 is 6.18 Å². The molecule has 0 bridgehead atoms. The quantitative estimate of drug-likeness (QED) is 0.918. The largest absolute Gasteiger partial charge is 0.433 e. The SMILES string of the molecule is Cc1cc(C(F)(F)F)nc(CNC2CCCCC2)n1. The maximum atomic E-state index is 12.6. The van der Waals surface area contributed by atoms with Gasteiger partial charge in [0.1, 0.15) is 11.5 Å². The van der Waals surface area contributed by atoms with Crippen LogP contribution < -0.4 is 5.32 Å². The molecule has 0 unspecified atom stereocenters. The third-order valence-corrected chi connectivity index (χ3v) is 3.34. The number of nitrogens with one attached hydrogen (secondary N) is 1. The molecule has 19 heavy (non-hydrogen) atoms. The van der Waals surface area contributed by atoms with Gasteiger partial charge in [-0.05, 0) is 25.8 Å². The number of hydrogen-bond acceptors (Lipinski definition) is 3. The summed E-state index contributed by atoms with van der Waals surface area (Å²) in [4.78, 5) is 7.65. The molecule has 1 aromatic heterocycles. The number of aromatic nitrogens is 2. The van der Waals surface area contributed by atoms with Crippen molar-refractivity contribution in [2.24, 2.45) is 0 Å². The van der Waals surface area contributed by atoms with Crippen LogP contribution >= 0.6 is 0 Å². The minimum atomic E-state index is -4.41. The third kappa shape index (κ3) is 4.16. The average Bonchev–Trinajstić information content (AvgIpc) is 2.36. The maximum absolute atomic E-state index is 12.6. The first-order valence-electron chi connectivity index (χ1n) is 6.60. The summed E-state index contributed by atoms with van der Waals surface area (Å²) >= 11 is 0. The van der Waals surface area contributed by atoms with Crippen LogP contribution in [0, 0.1) is 6.92 Å². The number of rotatable bonds is 3. The maximum Gasteiger partial charge on any atom is 0.433 e. The fraction of sp³-hybridized carbons (Fsp3) is 0.692. The predicted octanol–water partition coefficient (Wildman–Crippen LogP) is 3.23. The molecular weight excluding hydrogens is 255 g/mol. The molecular formula is C13H18F3N3. The van der Waals surface area contributed by atoms with Crippen molar-refractivity contribution < 1.29 is 13.2 Å². The fourth-order valence-corrected chi connectivity index (χ4v) is 2.40. The molecule has 1 heterocycles. The molecule has 2 rings (SSSR count). The van der Waals surface area contributed by atoms with Gasteiger partial charge in [0.15, 0.2) is 0 Å². The molecule has 0 aliphatic heterocycles. The first kappa shape index (κ1) is 14.2. The second-order valence-corrected chi connectivity index (χ2v) is 5.02. The van der Waals surface area contributed by atoms with E-state index < -0.39 is 11.9 Å². The molecule has 1 fully saturated rings. The van der Waals surface area contributed by atoms with Crippen molar-refractivity contribution in [1.29, 1.82) is 0 Å². The third-order valence-electron chi connectivity index (χ3n) is 3.34. The zero-order valence-corrected chi connectivity index (χ0v) is 10.9. The lowest BCUT2D eigenvalue weighted by molar-refractivity contribution is -0.141. The van der Waals surface area contributed by atoms with E-state index in [0.717, 1.165) is 18.9 Å². The van der Waals surface area contributed by atoms with Crippen LogP contribution in [0.1, 0.15) is 49.3 Å². The predicted molar refractivity (Wildman–Crippen MR) is 65.5 cm³/mol. The molecule has 1 saturated carbocycles. The standard InChI is InChI=1S/C13H18F3N3/c1-9-7-11(13(14,15)16)19-12(18-9)8-17-10-5-3-2-4-6-10/h7,10,17H,2-6,8H2,1H3. The highest BCUT2D eigenvalue weighted by Crippen LogP contribution is 2.27. The highest BCUT2D eigenvalue weighted by atomic mass is 19.4. The van der Waals surface area contributed by atoms with E-state index in [1.165, 1.54) is 19.3 Å². The minimum absolute atomic E-state index is 0.220. The topological polar surface area (TPSA) is 37.8 Å². The lowest BCUT2D eigenvalue weighted by atomic mass is 9.95. The minimum Gasteiger partial charge on any atom is -0.307 e. The lowest BCUT2D eigenvalue weighted by Crippen LogP contribution is -2.31. The molecule has 1 aliphatic rings. The van der Waals surface area contributed by atoms with Gasteiger partial charge in [-0.15, -0.1) is 0 Å². The summed E-state index contributed by atoms with van der Waals surface area (Å²) in [5, 5.41) is 3.25. The molecule has 6 heteroatoms. The summed E-state index contributed by atoms with van der Waals surface area (Å²) in [6, 6.07) is 1.36. The van der Waals surface area contributed by atoms with Crippen molar-refractivity contribution in [2.75, 3.05) is 0 Å². The Bertz CT molecular complexity index is 426. The fourth-order valence-electron chi connectivity index (χ4n) is 2.40. The summed E-state index contributed by atoms with van der Waals surface area (Å²) < 4.78 is 37.9. The van der Waals surface area contributed by atoms with E-state index in [0.29, 0.717) is 18.3 Å². The number of nitrogens with zero attached hydrogens (tertiary/aromatic N) is 2. The van der Waals surface area contributed by atoms with Crippen molar-refractivity contribution in [2.45, 2.75) is 57.8 Å². The first-order chi connectivity index (χ1) is 8.95. The van der Waals surface area contributed by atoms with E-state index >= 15 is 0 Å². The van der Waals surface area contributed by atoms with Crippen LogP contribution in [0.5, 0.6) is 0 Å². The molecule has 0 radical (unpaired) electrons. The molecule has 106 valence electrons. The Kier molecular flexibility index (Phi) is 4.39. The Hall–Kier alpha value is -1.17. The molecule has 0 aromatic carbocycles. The van der Waals surface area contributed by atoms with E-state index in [1.54, 1.807) is 6.92 Å². The summed E-state index contributed by atoms with van der Waals surface area (Å²) in [6.45, 7) is 1.86. The molecule has 0 spiro atoms. The van der Waals surface area contributed by atoms with Crippen molar-refractivity contribution in [3.63, 3.8) is 0 Å². The van der Waals surface area contributed by atoms with Crippen LogP contribution in [0.3, 0.4) is 0 Å². The van der Waals surface area contributed by atoms with Crippen molar-refractivity contribution in [1.82, 2.24) is 15.3 Å². The van der Waals surface area contributed by atoms with Crippen LogP contribution in [-0.4, -0.2) is 16.0 Å². The molecule has 0 amide bonds. The van der Waals surface area contributed by atoms with Gasteiger partial charge < -0.3 is 5.32 Å². The van der Waals surface area contributed by atoms with Crippen molar-refractivity contribution in [3.8, 4) is 0 Å². The van der Waals surface area contributed by atoms with E-state index in [4.69, 9.17) is 0 Å². The number of aryl methyl sites for hydroxylation is 1. The first-order valence-corrected chi connectivity index (χ1v) is 6.60. The normalized spacial score (nSPS) is 17.7. The van der Waals surface area contributed by atoms with Gasteiger partial charge in [0.25, 0.3) is 0 Å². The van der Waals surface area contributed by atoms with Crippen LogP contribution in [0.15, 0.2) is 6.07 Å². The Morgan fingerprint density at radius 2 is 1.89 bits per heavy atom.